The average molecular weight is 573 g/mol. The van der Waals surface area contributed by atoms with Crippen LogP contribution in [0.3, 0.4) is 0 Å². The fourth-order valence-electron chi connectivity index (χ4n) is 4.44. The lowest BCUT2D eigenvalue weighted by Gasteiger charge is -2.07. The summed E-state index contributed by atoms with van der Waals surface area (Å²) in [5.41, 5.74) is 14.9. The van der Waals surface area contributed by atoms with E-state index in [4.69, 9.17) is 25.7 Å². The van der Waals surface area contributed by atoms with E-state index in [1.165, 1.54) is 30.9 Å². The third-order valence-corrected chi connectivity index (χ3v) is 6.76. The number of hydrogen-bond acceptors (Lipinski definition) is 7. The highest BCUT2D eigenvalue weighted by molar-refractivity contribution is 5.91. The fraction of sp³-hybridized carbons (Fsp3) is 0.371. The quantitative estimate of drug-likeness (QED) is 0.0526. The van der Waals surface area contributed by atoms with Gasteiger partial charge in [0.05, 0.1) is 18.8 Å². The number of nitrogen functional groups attached to an aromatic ring is 2. The van der Waals surface area contributed by atoms with Crippen molar-refractivity contribution in [2.75, 3.05) is 24.7 Å². The lowest BCUT2D eigenvalue weighted by atomic mass is 10.1. The Balaban J connectivity index is 1.22. The van der Waals surface area contributed by atoms with E-state index in [-0.39, 0.29) is 0 Å². The first-order chi connectivity index (χ1) is 20.4. The molecule has 0 saturated carbocycles. The Bertz CT molecular complexity index is 1250. The van der Waals surface area contributed by atoms with E-state index in [1.807, 2.05) is 48.5 Å². The van der Waals surface area contributed by atoms with E-state index in [0.29, 0.717) is 35.9 Å². The molecule has 7 nitrogen and oxygen atoms in total. The number of anilines is 2. The minimum Gasteiger partial charge on any atom is -0.494 e. The standard InChI is InChI=1S/C35H44N2O5/c1-2-3-8-11-27-14-19-33(20-15-27)42-34(38)21-16-28-12-17-32(18-13-28)40-22-9-6-4-5-7-10-23-41-35(39)29-24-30(36)26-31(37)25-29/h12-21,24-26H,2-11,22-23,36-37H2,1H3/b21-16+. The largest absolute Gasteiger partial charge is 0.494 e. The van der Waals surface area contributed by atoms with Crippen molar-refractivity contribution in [3.8, 4) is 11.5 Å². The van der Waals surface area contributed by atoms with E-state index in [1.54, 1.807) is 24.3 Å². The first-order valence-electron chi connectivity index (χ1n) is 15.0. The highest BCUT2D eigenvalue weighted by atomic mass is 16.5. The Morgan fingerprint density at radius 3 is 2.00 bits per heavy atom. The molecule has 0 amide bonds. The van der Waals surface area contributed by atoms with Crippen LogP contribution in [0.15, 0.2) is 72.8 Å². The van der Waals surface area contributed by atoms with E-state index < -0.39 is 11.9 Å². The molecule has 224 valence electrons. The monoisotopic (exact) mass is 572 g/mol. The number of ether oxygens (including phenoxy) is 3. The number of carbonyl (C=O) groups is 2. The highest BCUT2D eigenvalue weighted by Gasteiger charge is 2.08. The summed E-state index contributed by atoms with van der Waals surface area (Å²) in [6.45, 7) is 3.23. The molecule has 3 aromatic rings. The van der Waals surface area contributed by atoms with Gasteiger partial charge in [-0.05, 0) is 85.4 Å². The van der Waals surface area contributed by atoms with Crippen molar-refractivity contribution in [3.63, 3.8) is 0 Å². The van der Waals surface area contributed by atoms with Gasteiger partial charge in [-0.1, -0.05) is 69.7 Å². The van der Waals surface area contributed by atoms with Gasteiger partial charge in [0.2, 0.25) is 0 Å². The lowest BCUT2D eigenvalue weighted by Crippen LogP contribution is -2.07. The number of hydrogen-bond donors (Lipinski definition) is 2. The van der Waals surface area contributed by atoms with Crippen LogP contribution in [-0.2, 0) is 16.0 Å². The summed E-state index contributed by atoms with van der Waals surface area (Å²) in [6, 6.07) is 20.1. The molecule has 0 bridgehead atoms. The molecule has 0 aromatic heterocycles. The summed E-state index contributed by atoms with van der Waals surface area (Å²) in [6.07, 6.45) is 13.9. The van der Waals surface area contributed by atoms with Crippen molar-refractivity contribution in [2.24, 2.45) is 0 Å². The summed E-state index contributed by atoms with van der Waals surface area (Å²) in [5, 5.41) is 0. The lowest BCUT2D eigenvalue weighted by molar-refractivity contribution is -0.128. The number of benzene rings is 3. The zero-order valence-electron chi connectivity index (χ0n) is 24.7. The maximum absolute atomic E-state index is 12.2. The molecule has 7 heteroatoms. The molecule has 0 unspecified atom stereocenters. The molecule has 3 rings (SSSR count). The zero-order valence-corrected chi connectivity index (χ0v) is 24.7. The SMILES string of the molecule is CCCCCc1ccc(OC(=O)/C=C/c2ccc(OCCCCCCCCOC(=O)c3cc(N)cc(N)c3)cc2)cc1. The van der Waals surface area contributed by atoms with Gasteiger partial charge in [-0.3, -0.25) is 0 Å². The fourth-order valence-corrected chi connectivity index (χ4v) is 4.44. The normalized spacial score (nSPS) is 11.0. The molecule has 0 fully saturated rings. The van der Waals surface area contributed by atoms with Gasteiger partial charge in [-0.15, -0.1) is 0 Å². The van der Waals surface area contributed by atoms with Gasteiger partial charge in [0.15, 0.2) is 0 Å². The zero-order chi connectivity index (χ0) is 30.0. The van der Waals surface area contributed by atoms with Crippen molar-refractivity contribution in [2.45, 2.75) is 71.1 Å². The van der Waals surface area contributed by atoms with Crippen LogP contribution in [-0.4, -0.2) is 25.2 Å². The van der Waals surface area contributed by atoms with E-state index in [0.717, 1.165) is 56.3 Å². The Morgan fingerprint density at radius 1 is 0.714 bits per heavy atom. The van der Waals surface area contributed by atoms with Crippen LogP contribution in [0.4, 0.5) is 11.4 Å². The summed E-state index contributed by atoms with van der Waals surface area (Å²) in [7, 11) is 0. The minimum absolute atomic E-state index is 0.383. The minimum atomic E-state index is -0.404. The molecule has 0 radical (unpaired) electrons. The Kier molecular flexibility index (Phi) is 14.0. The van der Waals surface area contributed by atoms with Gasteiger partial charge in [0.25, 0.3) is 0 Å². The third-order valence-electron chi connectivity index (χ3n) is 6.76. The first kappa shape index (κ1) is 32.3. The van der Waals surface area contributed by atoms with Gasteiger partial charge < -0.3 is 25.7 Å². The molecule has 0 aliphatic rings. The van der Waals surface area contributed by atoms with Crippen molar-refractivity contribution in [3.05, 3.63) is 89.5 Å². The van der Waals surface area contributed by atoms with Crippen LogP contribution in [0.2, 0.25) is 0 Å². The summed E-state index contributed by atoms with van der Waals surface area (Å²) >= 11 is 0. The molecule has 0 spiro atoms. The predicted octanol–water partition coefficient (Wildman–Crippen LogP) is 7.78. The van der Waals surface area contributed by atoms with Crippen LogP contribution >= 0.6 is 0 Å². The second-order valence-electron chi connectivity index (χ2n) is 10.4. The smallest absolute Gasteiger partial charge is 0.338 e. The summed E-state index contributed by atoms with van der Waals surface area (Å²) < 4.78 is 16.6. The van der Waals surface area contributed by atoms with Crippen LogP contribution in [0.1, 0.15) is 86.2 Å². The third kappa shape index (κ3) is 12.5. The van der Waals surface area contributed by atoms with Gasteiger partial charge >= 0.3 is 11.9 Å². The van der Waals surface area contributed by atoms with Gasteiger partial charge in [0.1, 0.15) is 11.5 Å². The van der Waals surface area contributed by atoms with Crippen molar-refractivity contribution in [1.82, 2.24) is 0 Å². The van der Waals surface area contributed by atoms with E-state index in [9.17, 15) is 9.59 Å². The topological polar surface area (TPSA) is 114 Å². The van der Waals surface area contributed by atoms with Crippen LogP contribution in [0.25, 0.3) is 6.08 Å². The van der Waals surface area contributed by atoms with E-state index >= 15 is 0 Å². The maximum atomic E-state index is 12.2. The molecule has 3 aromatic carbocycles. The molecule has 0 heterocycles. The second-order valence-corrected chi connectivity index (χ2v) is 10.4. The molecular weight excluding hydrogens is 528 g/mol. The second kappa shape index (κ2) is 18.2. The molecule has 4 N–H and O–H groups in total. The number of esters is 2. The molecule has 0 saturated heterocycles. The predicted molar refractivity (Wildman–Crippen MR) is 170 cm³/mol. The van der Waals surface area contributed by atoms with Crippen molar-refractivity contribution >= 4 is 29.4 Å². The van der Waals surface area contributed by atoms with Crippen molar-refractivity contribution < 1.29 is 23.8 Å². The van der Waals surface area contributed by atoms with E-state index in [2.05, 4.69) is 6.92 Å². The van der Waals surface area contributed by atoms with Gasteiger partial charge in [-0.25, -0.2) is 9.59 Å². The highest BCUT2D eigenvalue weighted by Crippen LogP contribution is 2.17. The molecule has 0 aliphatic carbocycles. The van der Waals surface area contributed by atoms with Crippen LogP contribution in [0.5, 0.6) is 11.5 Å². The Morgan fingerprint density at radius 2 is 1.33 bits per heavy atom. The summed E-state index contributed by atoms with van der Waals surface area (Å²) in [4.78, 5) is 24.3. The van der Waals surface area contributed by atoms with Crippen LogP contribution < -0.4 is 20.9 Å². The first-order valence-corrected chi connectivity index (χ1v) is 15.0. The Labute approximate surface area is 249 Å². The van der Waals surface area contributed by atoms with Crippen LogP contribution in [0, 0.1) is 0 Å². The number of aryl methyl sites for hydroxylation is 1. The maximum Gasteiger partial charge on any atom is 0.338 e. The summed E-state index contributed by atoms with van der Waals surface area (Å²) in [5.74, 6) is 0.553. The van der Waals surface area contributed by atoms with Gasteiger partial charge in [0, 0.05) is 17.5 Å². The van der Waals surface area contributed by atoms with Gasteiger partial charge in [-0.2, -0.15) is 0 Å². The molecule has 0 aliphatic heterocycles. The Hall–Kier alpha value is -4.26. The molecular formula is C35H44N2O5. The molecule has 42 heavy (non-hydrogen) atoms. The number of rotatable bonds is 18. The van der Waals surface area contributed by atoms with Crippen molar-refractivity contribution in [1.29, 1.82) is 0 Å². The number of nitrogens with two attached hydrogens (primary N) is 2. The number of carbonyl (C=O) groups excluding carboxylic acids is 2. The number of unbranched alkanes of at least 4 members (excludes halogenated alkanes) is 7. The average Bonchev–Trinajstić information content (AvgIpc) is 2.98. The molecule has 0 atom stereocenters.